The quantitative estimate of drug-likeness (QED) is 0.772. The molecule has 2 aliphatic heterocycles. The number of hydrogen-bond acceptors (Lipinski definition) is 4. The molecule has 8 nitrogen and oxygen atoms in total. The fraction of sp³-hybridized carbons (Fsp3) is 0.158. The van der Waals surface area contributed by atoms with Crippen molar-refractivity contribution in [3.8, 4) is 0 Å². The Hall–Kier alpha value is -2.88. The lowest BCUT2D eigenvalue weighted by molar-refractivity contribution is -0.114. The molecule has 0 unspecified atom stereocenters. The Kier molecular flexibility index (Phi) is 4.60. The summed E-state index contributed by atoms with van der Waals surface area (Å²) in [5.41, 5.74) is 2.30. The van der Waals surface area contributed by atoms with Crippen molar-refractivity contribution < 1.29 is 18.0 Å². The molecular formula is C19H17ClN4O4S. The molecule has 0 saturated carbocycles. The highest BCUT2D eigenvalue weighted by Crippen LogP contribution is 2.37. The molecule has 29 heavy (non-hydrogen) atoms. The van der Waals surface area contributed by atoms with Crippen LogP contribution in [0, 0.1) is 0 Å². The summed E-state index contributed by atoms with van der Waals surface area (Å²) in [7, 11) is -2.23. The Morgan fingerprint density at radius 1 is 1.07 bits per heavy atom. The van der Waals surface area contributed by atoms with Gasteiger partial charge in [-0.3, -0.25) is 9.69 Å². The average molecular weight is 433 g/mol. The lowest BCUT2D eigenvalue weighted by atomic mass is 9.96. The zero-order chi connectivity index (χ0) is 20.9. The maximum atomic E-state index is 13.2. The molecule has 10 heteroatoms. The molecule has 2 aromatic carbocycles. The Morgan fingerprint density at radius 2 is 1.69 bits per heavy atom. The molecule has 3 amide bonds. The summed E-state index contributed by atoms with van der Waals surface area (Å²) in [6, 6.07) is 11.7. The van der Waals surface area contributed by atoms with Crippen LogP contribution in [0.15, 0.2) is 64.7 Å². The first-order chi connectivity index (χ1) is 13.7. The number of carbonyl (C=O) groups is 2. The van der Waals surface area contributed by atoms with Crippen LogP contribution in [-0.4, -0.2) is 38.8 Å². The number of nitrogens with two attached hydrogens (primary N) is 1. The van der Waals surface area contributed by atoms with E-state index in [4.69, 9.17) is 16.7 Å². The summed E-state index contributed by atoms with van der Waals surface area (Å²) in [5, 5.41) is 8.53. The van der Waals surface area contributed by atoms with Crippen LogP contribution in [0.25, 0.3) is 0 Å². The van der Waals surface area contributed by atoms with Gasteiger partial charge >= 0.3 is 6.03 Å². The van der Waals surface area contributed by atoms with E-state index in [2.05, 4.69) is 5.32 Å². The Balaban J connectivity index is 1.71. The van der Waals surface area contributed by atoms with E-state index in [0.717, 1.165) is 5.56 Å². The third kappa shape index (κ3) is 3.37. The second kappa shape index (κ2) is 6.87. The standard InChI is InChI=1S/C19H17ClN4O4S/c1-23-15-10-24(13-6-8-14(9-7-13)29(21,27)28)18(25)16(15)17(22-19(23)26)11-2-4-12(20)5-3-11/h2-9,17H,10H2,1H3,(H,22,26)(H2,21,27,28)/t17-/m0/s1. The third-order valence-corrected chi connectivity index (χ3v) is 6.22. The molecule has 0 saturated heterocycles. The zero-order valence-electron chi connectivity index (χ0n) is 15.3. The Bertz CT molecular complexity index is 1140. The number of urea groups is 1. The molecule has 4 rings (SSSR count). The number of nitrogens with zero attached hydrogens (tertiary/aromatic N) is 2. The first-order valence-electron chi connectivity index (χ1n) is 8.64. The van der Waals surface area contributed by atoms with Crippen LogP contribution in [0.5, 0.6) is 0 Å². The van der Waals surface area contributed by atoms with E-state index in [1.54, 1.807) is 31.3 Å². The van der Waals surface area contributed by atoms with Gasteiger partial charge in [-0.05, 0) is 42.0 Å². The second-order valence-corrected chi connectivity index (χ2v) is 8.78. The van der Waals surface area contributed by atoms with E-state index in [0.29, 0.717) is 22.0 Å². The maximum absolute atomic E-state index is 13.2. The molecule has 0 fully saturated rings. The molecule has 0 aromatic heterocycles. The maximum Gasteiger partial charge on any atom is 0.322 e. The lowest BCUT2D eigenvalue weighted by Gasteiger charge is -2.31. The van der Waals surface area contributed by atoms with E-state index < -0.39 is 16.1 Å². The second-order valence-electron chi connectivity index (χ2n) is 6.78. The summed E-state index contributed by atoms with van der Waals surface area (Å²) in [6.07, 6.45) is 0. The van der Waals surface area contributed by atoms with Gasteiger partial charge < -0.3 is 10.2 Å². The summed E-state index contributed by atoms with van der Waals surface area (Å²) in [4.78, 5) is 28.6. The van der Waals surface area contributed by atoms with Crippen LogP contribution in [-0.2, 0) is 14.8 Å². The van der Waals surface area contributed by atoms with Crippen LogP contribution in [0.3, 0.4) is 0 Å². The van der Waals surface area contributed by atoms with Crippen molar-refractivity contribution in [2.75, 3.05) is 18.5 Å². The molecule has 0 bridgehead atoms. The number of nitrogens with one attached hydrogen (secondary N) is 1. The summed E-state index contributed by atoms with van der Waals surface area (Å²) in [5.74, 6) is -0.268. The first kappa shape index (κ1) is 19.4. The number of sulfonamides is 1. The third-order valence-electron chi connectivity index (χ3n) is 5.04. The van der Waals surface area contributed by atoms with E-state index >= 15 is 0 Å². The molecule has 0 radical (unpaired) electrons. The van der Waals surface area contributed by atoms with Crippen molar-refractivity contribution >= 4 is 39.2 Å². The zero-order valence-corrected chi connectivity index (χ0v) is 16.9. The fourth-order valence-electron chi connectivity index (χ4n) is 3.50. The van der Waals surface area contributed by atoms with Gasteiger partial charge in [0.1, 0.15) is 0 Å². The number of carbonyl (C=O) groups excluding carboxylic acids is 2. The largest absolute Gasteiger partial charge is 0.327 e. The molecule has 1 atom stereocenters. The van der Waals surface area contributed by atoms with Crippen LogP contribution in [0.1, 0.15) is 11.6 Å². The van der Waals surface area contributed by atoms with Gasteiger partial charge in [0.25, 0.3) is 5.91 Å². The average Bonchev–Trinajstić information content (AvgIpc) is 3.02. The van der Waals surface area contributed by atoms with Gasteiger partial charge in [0, 0.05) is 17.8 Å². The predicted molar refractivity (Wildman–Crippen MR) is 108 cm³/mol. The molecule has 2 heterocycles. The van der Waals surface area contributed by atoms with Crippen molar-refractivity contribution in [3.63, 3.8) is 0 Å². The van der Waals surface area contributed by atoms with Crippen molar-refractivity contribution in [3.05, 3.63) is 70.4 Å². The minimum Gasteiger partial charge on any atom is -0.327 e. The molecule has 150 valence electrons. The highest BCUT2D eigenvalue weighted by molar-refractivity contribution is 7.89. The Labute approximate surface area is 172 Å². The number of hydrogen-bond donors (Lipinski definition) is 2. The van der Waals surface area contributed by atoms with E-state index in [9.17, 15) is 18.0 Å². The van der Waals surface area contributed by atoms with Crippen LogP contribution in [0.2, 0.25) is 5.02 Å². The number of rotatable bonds is 3. The molecule has 0 spiro atoms. The summed E-state index contributed by atoms with van der Waals surface area (Å²) < 4.78 is 22.9. The number of likely N-dealkylation sites (N-methyl/N-ethyl adjacent to an activating group) is 1. The highest BCUT2D eigenvalue weighted by Gasteiger charge is 2.43. The van der Waals surface area contributed by atoms with Crippen molar-refractivity contribution in [1.29, 1.82) is 0 Å². The fourth-order valence-corrected chi connectivity index (χ4v) is 4.14. The molecule has 2 aliphatic rings. The van der Waals surface area contributed by atoms with Crippen LogP contribution < -0.4 is 15.4 Å². The molecule has 3 N–H and O–H groups in total. The minimum atomic E-state index is -3.83. The minimum absolute atomic E-state index is 0.0429. The van der Waals surface area contributed by atoms with Crippen molar-refractivity contribution in [2.45, 2.75) is 10.9 Å². The van der Waals surface area contributed by atoms with Crippen molar-refractivity contribution in [2.24, 2.45) is 5.14 Å². The number of anilines is 1. The van der Waals surface area contributed by atoms with Crippen LogP contribution >= 0.6 is 11.6 Å². The Morgan fingerprint density at radius 3 is 2.28 bits per heavy atom. The predicted octanol–water partition coefficient (Wildman–Crippen LogP) is 1.98. The van der Waals surface area contributed by atoms with Gasteiger partial charge in [-0.25, -0.2) is 18.4 Å². The van der Waals surface area contributed by atoms with Crippen molar-refractivity contribution in [1.82, 2.24) is 10.2 Å². The van der Waals surface area contributed by atoms with E-state index in [-0.39, 0.29) is 23.4 Å². The number of benzene rings is 2. The van der Waals surface area contributed by atoms with Crippen LogP contribution in [0.4, 0.5) is 10.5 Å². The number of primary sulfonamides is 1. The molecule has 0 aliphatic carbocycles. The number of amides is 3. The normalized spacial score (nSPS) is 19.5. The van der Waals surface area contributed by atoms with Gasteiger partial charge in [-0.2, -0.15) is 0 Å². The molecule has 2 aromatic rings. The van der Waals surface area contributed by atoms with Gasteiger partial charge in [-0.1, -0.05) is 23.7 Å². The van der Waals surface area contributed by atoms with E-state index in [1.165, 1.54) is 34.1 Å². The lowest BCUT2D eigenvalue weighted by Crippen LogP contribution is -2.45. The summed E-state index contributed by atoms with van der Waals surface area (Å²) >= 11 is 5.96. The smallest absolute Gasteiger partial charge is 0.322 e. The summed E-state index contributed by atoms with van der Waals surface area (Å²) in [6.45, 7) is 0.191. The van der Waals surface area contributed by atoms with Gasteiger partial charge in [0.2, 0.25) is 10.0 Å². The monoisotopic (exact) mass is 432 g/mol. The van der Waals surface area contributed by atoms with Gasteiger partial charge in [0.15, 0.2) is 0 Å². The van der Waals surface area contributed by atoms with E-state index in [1.807, 2.05) is 0 Å². The molecular weight excluding hydrogens is 416 g/mol. The van der Waals surface area contributed by atoms with Gasteiger partial charge in [0.05, 0.1) is 28.8 Å². The first-order valence-corrected chi connectivity index (χ1v) is 10.6. The van der Waals surface area contributed by atoms with Gasteiger partial charge in [-0.15, -0.1) is 0 Å². The SMILES string of the molecule is CN1C(=O)N[C@@H](c2ccc(Cl)cc2)C2=C1CN(c1ccc(S(N)(=O)=O)cc1)C2=O. The highest BCUT2D eigenvalue weighted by atomic mass is 35.5. The topological polar surface area (TPSA) is 113 Å². The number of halogens is 1.